The summed E-state index contributed by atoms with van der Waals surface area (Å²) < 4.78 is 5.74. The normalized spacial score (nSPS) is 26.5. The van der Waals surface area contributed by atoms with Crippen molar-refractivity contribution < 1.29 is 38.3 Å². The summed E-state index contributed by atoms with van der Waals surface area (Å²) >= 11 is 0. The Labute approximate surface area is 319 Å². The molecule has 9 atom stereocenters. The van der Waals surface area contributed by atoms with Gasteiger partial charge in [-0.2, -0.15) is 0 Å². The van der Waals surface area contributed by atoms with Gasteiger partial charge >= 0.3 is 5.97 Å². The summed E-state index contributed by atoms with van der Waals surface area (Å²) in [4.78, 5) is 96.4. The molecule has 1 fully saturated rings. The Balaban J connectivity index is 2.71. The Hall–Kier alpha value is -4.79. The van der Waals surface area contributed by atoms with Gasteiger partial charge in [-0.05, 0) is 43.1 Å². The minimum atomic E-state index is -1.50. The van der Waals surface area contributed by atoms with Gasteiger partial charge in [-0.15, -0.1) is 0 Å². The van der Waals surface area contributed by atoms with E-state index in [1.807, 2.05) is 19.9 Å². The fraction of sp³-hybridized carbons (Fsp3) is 0.615. The smallest absolute Gasteiger partial charge is 0.329 e. The van der Waals surface area contributed by atoms with Crippen molar-refractivity contribution in [3.63, 3.8) is 0 Å². The second kappa shape index (κ2) is 21.2. The van der Waals surface area contributed by atoms with Crippen LogP contribution in [0.4, 0.5) is 0 Å². The molecule has 0 bridgehead atoms. The van der Waals surface area contributed by atoms with Crippen molar-refractivity contribution in [2.45, 2.75) is 131 Å². The molecule has 300 valence electrons. The van der Waals surface area contributed by atoms with Gasteiger partial charge in [0.25, 0.3) is 5.91 Å². The maximum atomic E-state index is 14.1. The van der Waals surface area contributed by atoms with Gasteiger partial charge < -0.3 is 42.4 Å². The molecule has 1 saturated heterocycles. The van der Waals surface area contributed by atoms with Crippen molar-refractivity contribution in [2.75, 3.05) is 0 Å². The number of carbonyl (C=O) groups excluding carboxylic acids is 7. The Kier molecular flexibility index (Phi) is 17.8. The first-order chi connectivity index (χ1) is 25.4. The second-order valence-electron chi connectivity index (χ2n) is 14.8. The number of ether oxygens (including phenoxy) is 1. The molecule has 0 unspecified atom stereocenters. The molecule has 0 radical (unpaired) electrons. The molecule has 54 heavy (non-hydrogen) atoms. The Bertz CT molecular complexity index is 1520. The first-order valence-electron chi connectivity index (χ1n) is 18.9. The summed E-state index contributed by atoms with van der Waals surface area (Å²) in [6.07, 6.45) is 1.12. The highest BCUT2D eigenvalue weighted by atomic mass is 16.5. The lowest BCUT2D eigenvalue weighted by Crippen LogP contribution is -2.63. The molecule has 1 aromatic carbocycles. The van der Waals surface area contributed by atoms with Crippen LogP contribution in [0, 0.1) is 23.7 Å². The SMILES string of the molecule is C/C=C1\NC(=O)[C@H](Cc2ccccc2)NC(=O)[C@@H](C(C)C)NC(=O)[C@@H]([C@@H](C)CC)NC(=O)[C@H](NC(=O)[C@H](N)[C@@H](C)CC)[C@@H](C)OC(=O)[C@H](C(C)C)NC1=O. The van der Waals surface area contributed by atoms with E-state index in [1.165, 1.54) is 19.9 Å². The molecule has 6 amide bonds. The van der Waals surface area contributed by atoms with Crippen LogP contribution in [0.15, 0.2) is 42.1 Å². The van der Waals surface area contributed by atoms with Gasteiger partial charge in [-0.1, -0.05) is 105 Å². The minimum Gasteiger partial charge on any atom is -0.458 e. The van der Waals surface area contributed by atoms with Crippen LogP contribution in [0.1, 0.15) is 87.6 Å². The number of cyclic esters (lactones) is 1. The van der Waals surface area contributed by atoms with Crippen LogP contribution >= 0.6 is 0 Å². The van der Waals surface area contributed by atoms with E-state index in [0.29, 0.717) is 12.8 Å². The van der Waals surface area contributed by atoms with E-state index in [-0.39, 0.29) is 18.0 Å². The van der Waals surface area contributed by atoms with Crippen molar-refractivity contribution in [2.24, 2.45) is 29.4 Å². The lowest BCUT2D eigenvalue weighted by atomic mass is 9.95. The van der Waals surface area contributed by atoms with Crippen LogP contribution in [-0.4, -0.2) is 83.8 Å². The zero-order valence-corrected chi connectivity index (χ0v) is 33.3. The first kappa shape index (κ1) is 45.4. The van der Waals surface area contributed by atoms with Gasteiger partial charge in [-0.25, -0.2) is 4.79 Å². The molecule has 15 nitrogen and oxygen atoms in total. The molecule has 8 N–H and O–H groups in total. The second-order valence-corrected chi connectivity index (χ2v) is 14.8. The third kappa shape index (κ3) is 12.7. The number of hydrogen-bond donors (Lipinski definition) is 7. The predicted molar refractivity (Wildman–Crippen MR) is 204 cm³/mol. The summed E-state index contributed by atoms with van der Waals surface area (Å²) in [5, 5.41) is 16.1. The molecular weight excluding hydrogens is 694 g/mol. The van der Waals surface area contributed by atoms with Crippen molar-refractivity contribution in [3.8, 4) is 0 Å². The molecule has 1 aliphatic heterocycles. The van der Waals surface area contributed by atoms with Crippen LogP contribution in [0.5, 0.6) is 0 Å². The molecule has 0 aliphatic carbocycles. The van der Waals surface area contributed by atoms with E-state index in [2.05, 4.69) is 31.9 Å². The van der Waals surface area contributed by atoms with E-state index in [0.717, 1.165) is 5.56 Å². The molecular formula is C39H61N7O8. The standard InChI is InChI=1S/C39H61N7O8/c1-11-22(8)28(40)35(49)46-32-24(10)54-39(53)30(21(6)7)44-33(47)26(13-3)41-34(48)27(19-25-17-15-14-16-18-25)42-36(50)29(20(4)5)43-37(51)31(23(9)12-2)45-38(32)52/h13-18,20-24,27-32H,11-12,19,40H2,1-10H3,(H,41,48)(H,42,50)(H,43,51)(H,44,47)(H,45,52)(H,46,49)/b26-13-/t22-,23-,24+,27-,28+,29+,30-,31+,32+/m0/s1. The summed E-state index contributed by atoms with van der Waals surface area (Å²) in [7, 11) is 0. The summed E-state index contributed by atoms with van der Waals surface area (Å²) in [5.74, 6) is -6.94. The highest BCUT2D eigenvalue weighted by Crippen LogP contribution is 2.15. The van der Waals surface area contributed by atoms with Crippen molar-refractivity contribution >= 4 is 41.4 Å². The summed E-state index contributed by atoms with van der Waals surface area (Å²) in [6.45, 7) is 16.9. The number of benzene rings is 1. The van der Waals surface area contributed by atoms with Crippen molar-refractivity contribution in [1.29, 1.82) is 0 Å². The highest BCUT2D eigenvalue weighted by molar-refractivity contribution is 6.01. The first-order valence-corrected chi connectivity index (χ1v) is 18.9. The van der Waals surface area contributed by atoms with E-state index < -0.39 is 102 Å². The monoisotopic (exact) mass is 755 g/mol. The lowest BCUT2D eigenvalue weighted by Gasteiger charge is -2.32. The number of nitrogens with one attached hydrogen (secondary N) is 6. The van der Waals surface area contributed by atoms with Crippen LogP contribution in [0.3, 0.4) is 0 Å². The molecule has 0 saturated carbocycles. The molecule has 1 heterocycles. The largest absolute Gasteiger partial charge is 0.458 e. The molecule has 1 aliphatic rings. The minimum absolute atomic E-state index is 0.0496. The third-order valence-corrected chi connectivity index (χ3v) is 9.87. The van der Waals surface area contributed by atoms with Gasteiger partial charge in [0.15, 0.2) is 0 Å². The number of rotatable bonds is 10. The van der Waals surface area contributed by atoms with Crippen LogP contribution in [0.25, 0.3) is 0 Å². The van der Waals surface area contributed by atoms with Crippen LogP contribution in [0.2, 0.25) is 0 Å². The van der Waals surface area contributed by atoms with Gasteiger partial charge in [0, 0.05) is 6.42 Å². The number of carbonyl (C=O) groups is 7. The Morgan fingerprint density at radius 3 is 1.91 bits per heavy atom. The number of allylic oxidation sites excluding steroid dienone is 1. The van der Waals surface area contributed by atoms with Crippen LogP contribution in [-0.2, 0) is 44.7 Å². The maximum absolute atomic E-state index is 14.1. The zero-order valence-electron chi connectivity index (χ0n) is 33.3. The van der Waals surface area contributed by atoms with Gasteiger partial charge in [-0.3, -0.25) is 28.8 Å². The fourth-order valence-electron chi connectivity index (χ4n) is 5.72. The van der Waals surface area contributed by atoms with Gasteiger partial charge in [0.05, 0.1) is 6.04 Å². The van der Waals surface area contributed by atoms with Gasteiger partial charge in [0.1, 0.15) is 42.0 Å². The van der Waals surface area contributed by atoms with Gasteiger partial charge in [0.2, 0.25) is 29.5 Å². The summed E-state index contributed by atoms with van der Waals surface area (Å²) in [6, 6.07) is 1.67. The fourth-order valence-corrected chi connectivity index (χ4v) is 5.72. The zero-order chi connectivity index (χ0) is 40.9. The van der Waals surface area contributed by atoms with Crippen molar-refractivity contribution in [3.05, 3.63) is 47.7 Å². The summed E-state index contributed by atoms with van der Waals surface area (Å²) in [5.41, 5.74) is 6.72. The Morgan fingerprint density at radius 1 is 0.796 bits per heavy atom. The van der Waals surface area contributed by atoms with E-state index in [1.54, 1.807) is 65.8 Å². The number of nitrogens with two attached hydrogens (primary N) is 1. The average Bonchev–Trinajstić information content (AvgIpc) is 3.13. The number of hydrogen-bond acceptors (Lipinski definition) is 9. The van der Waals surface area contributed by atoms with E-state index in [4.69, 9.17) is 10.5 Å². The quantitative estimate of drug-likeness (QED) is 0.135. The topological polar surface area (TPSA) is 227 Å². The molecule has 0 spiro atoms. The number of amides is 6. The van der Waals surface area contributed by atoms with E-state index in [9.17, 15) is 33.6 Å². The lowest BCUT2D eigenvalue weighted by molar-refractivity contribution is -0.157. The average molecular weight is 756 g/mol. The molecule has 15 heteroatoms. The van der Waals surface area contributed by atoms with Crippen LogP contribution < -0.4 is 37.6 Å². The van der Waals surface area contributed by atoms with Crippen molar-refractivity contribution in [1.82, 2.24) is 31.9 Å². The predicted octanol–water partition coefficient (Wildman–Crippen LogP) is 1.35. The maximum Gasteiger partial charge on any atom is 0.329 e. The molecule has 2 rings (SSSR count). The molecule has 0 aromatic heterocycles. The Morgan fingerprint density at radius 2 is 1.37 bits per heavy atom. The highest BCUT2D eigenvalue weighted by Gasteiger charge is 2.39. The number of esters is 1. The third-order valence-electron chi connectivity index (χ3n) is 9.87. The van der Waals surface area contributed by atoms with E-state index >= 15 is 0 Å². The molecule has 1 aromatic rings.